The molecule has 2 N–H and O–H groups in total. The summed E-state index contributed by atoms with van der Waals surface area (Å²) < 4.78 is 5.79. The topological polar surface area (TPSA) is 87.5 Å². The van der Waals surface area contributed by atoms with Gasteiger partial charge in [-0.1, -0.05) is 30.3 Å². The number of rotatable bonds is 3. The average Bonchev–Trinajstić information content (AvgIpc) is 3.17. The summed E-state index contributed by atoms with van der Waals surface area (Å²) in [4.78, 5) is 30.9. The maximum absolute atomic E-state index is 12.3. The van der Waals surface area contributed by atoms with Gasteiger partial charge in [-0.15, -0.1) is 0 Å². The maximum atomic E-state index is 12.3. The molecule has 2 heterocycles. The zero-order valence-electron chi connectivity index (χ0n) is 14.7. The molecule has 1 saturated heterocycles. The van der Waals surface area contributed by atoms with Crippen molar-refractivity contribution in [2.24, 2.45) is 5.92 Å². The molecule has 27 heavy (non-hydrogen) atoms. The number of aromatic nitrogens is 1. The number of nitrogens with zero attached hydrogens (tertiary/aromatic N) is 2. The van der Waals surface area contributed by atoms with Crippen LogP contribution in [0.15, 0.2) is 59.0 Å². The minimum atomic E-state index is -0.326. The molecule has 0 unspecified atom stereocenters. The number of hydrazine groups is 1. The molecule has 7 heteroatoms. The Morgan fingerprint density at radius 1 is 0.963 bits per heavy atom. The van der Waals surface area contributed by atoms with E-state index in [0.717, 1.165) is 11.1 Å². The van der Waals surface area contributed by atoms with Gasteiger partial charge in [0.15, 0.2) is 5.58 Å². The van der Waals surface area contributed by atoms with Gasteiger partial charge in [-0.05, 0) is 37.1 Å². The van der Waals surface area contributed by atoms with Gasteiger partial charge in [-0.25, -0.2) is 0 Å². The fourth-order valence-corrected chi connectivity index (χ4v) is 3.21. The first kappa shape index (κ1) is 17.1. The quantitative estimate of drug-likeness (QED) is 0.697. The highest BCUT2D eigenvalue weighted by Crippen LogP contribution is 2.26. The SMILES string of the molecule is O=C(NNC(=O)C1CCN(c2nc3ccccc3o2)CC1)c1ccccc1. The summed E-state index contributed by atoms with van der Waals surface area (Å²) in [5.41, 5.74) is 7.10. The number of hydrogen-bond donors (Lipinski definition) is 2. The van der Waals surface area contributed by atoms with Crippen molar-refractivity contribution in [2.75, 3.05) is 18.0 Å². The molecule has 0 saturated carbocycles. The maximum Gasteiger partial charge on any atom is 0.298 e. The van der Waals surface area contributed by atoms with Crippen LogP contribution in [0.2, 0.25) is 0 Å². The van der Waals surface area contributed by atoms with E-state index in [-0.39, 0.29) is 17.7 Å². The number of piperidine rings is 1. The molecular formula is C20H20N4O3. The monoisotopic (exact) mass is 364 g/mol. The van der Waals surface area contributed by atoms with E-state index in [1.165, 1.54) is 0 Å². The molecule has 0 atom stereocenters. The summed E-state index contributed by atoms with van der Waals surface area (Å²) in [7, 11) is 0. The van der Waals surface area contributed by atoms with Gasteiger partial charge in [0.25, 0.3) is 11.9 Å². The number of fused-ring (bicyclic) bond motifs is 1. The molecule has 3 aromatic rings. The highest BCUT2D eigenvalue weighted by Gasteiger charge is 2.27. The van der Waals surface area contributed by atoms with Crippen molar-refractivity contribution >= 4 is 28.9 Å². The smallest absolute Gasteiger partial charge is 0.298 e. The molecule has 7 nitrogen and oxygen atoms in total. The van der Waals surface area contributed by atoms with Gasteiger partial charge in [0.1, 0.15) is 5.52 Å². The zero-order valence-corrected chi connectivity index (χ0v) is 14.7. The van der Waals surface area contributed by atoms with Gasteiger partial charge >= 0.3 is 0 Å². The number of nitrogens with one attached hydrogen (secondary N) is 2. The van der Waals surface area contributed by atoms with Gasteiger partial charge in [0.05, 0.1) is 0 Å². The highest BCUT2D eigenvalue weighted by atomic mass is 16.4. The van der Waals surface area contributed by atoms with Crippen LogP contribution in [-0.2, 0) is 4.79 Å². The second-order valence-corrected chi connectivity index (χ2v) is 6.53. The molecule has 4 rings (SSSR count). The summed E-state index contributed by atoms with van der Waals surface area (Å²) in [5, 5.41) is 0. The van der Waals surface area contributed by atoms with E-state index in [2.05, 4.69) is 15.8 Å². The second kappa shape index (κ2) is 7.49. The van der Waals surface area contributed by atoms with Crippen LogP contribution < -0.4 is 15.8 Å². The number of carbonyl (C=O) groups is 2. The van der Waals surface area contributed by atoms with Crippen LogP contribution in [-0.4, -0.2) is 29.9 Å². The van der Waals surface area contributed by atoms with E-state index in [1.54, 1.807) is 24.3 Å². The van der Waals surface area contributed by atoms with E-state index < -0.39 is 0 Å². The molecular weight excluding hydrogens is 344 g/mol. The third kappa shape index (κ3) is 3.76. The first-order valence-electron chi connectivity index (χ1n) is 8.96. The number of anilines is 1. The Labute approximate surface area is 156 Å². The third-order valence-corrected chi connectivity index (χ3v) is 4.75. The molecule has 1 aromatic heterocycles. The lowest BCUT2D eigenvalue weighted by Crippen LogP contribution is -2.47. The normalized spacial score (nSPS) is 14.9. The summed E-state index contributed by atoms with van der Waals surface area (Å²) >= 11 is 0. The molecule has 1 aliphatic rings. The van der Waals surface area contributed by atoms with Crippen molar-refractivity contribution in [1.82, 2.24) is 15.8 Å². The fourth-order valence-electron chi connectivity index (χ4n) is 3.21. The fraction of sp³-hybridized carbons (Fsp3) is 0.250. The standard InChI is InChI=1S/C20H20N4O3/c25-18(14-6-2-1-3-7-14)22-23-19(26)15-10-12-24(13-11-15)20-21-16-8-4-5-9-17(16)27-20/h1-9,15H,10-13H2,(H,22,25)(H,23,26). The Kier molecular flexibility index (Phi) is 4.74. The molecule has 0 spiro atoms. The Balaban J connectivity index is 1.29. The summed E-state index contributed by atoms with van der Waals surface area (Å²) in [6, 6.07) is 17.0. The number of benzene rings is 2. The van der Waals surface area contributed by atoms with Crippen molar-refractivity contribution < 1.29 is 14.0 Å². The van der Waals surface area contributed by atoms with Crippen LogP contribution >= 0.6 is 0 Å². The summed E-state index contributed by atoms with van der Waals surface area (Å²) in [5.74, 6) is -0.647. The van der Waals surface area contributed by atoms with Crippen molar-refractivity contribution in [1.29, 1.82) is 0 Å². The zero-order chi connectivity index (χ0) is 18.6. The van der Waals surface area contributed by atoms with Crippen LogP contribution in [0, 0.1) is 5.92 Å². The largest absolute Gasteiger partial charge is 0.423 e. The molecule has 1 fully saturated rings. The summed E-state index contributed by atoms with van der Waals surface area (Å²) in [6.07, 6.45) is 1.34. The lowest BCUT2D eigenvalue weighted by atomic mass is 9.96. The highest BCUT2D eigenvalue weighted by molar-refractivity contribution is 5.95. The average molecular weight is 364 g/mol. The molecule has 0 bridgehead atoms. The predicted octanol–water partition coefficient (Wildman–Crippen LogP) is 2.51. The van der Waals surface area contributed by atoms with Crippen molar-refractivity contribution in [2.45, 2.75) is 12.8 Å². The minimum absolute atomic E-state index is 0.151. The van der Waals surface area contributed by atoms with Crippen molar-refractivity contribution in [3.63, 3.8) is 0 Å². The third-order valence-electron chi connectivity index (χ3n) is 4.75. The lowest BCUT2D eigenvalue weighted by molar-refractivity contribution is -0.126. The van der Waals surface area contributed by atoms with E-state index >= 15 is 0 Å². The molecule has 0 radical (unpaired) electrons. The Morgan fingerprint density at radius 2 is 1.67 bits per heavy atom. The van der Waals surface area contributed by atoms with Gasteiger partial charge in [-0.2, -0.15) is 4.98 Å². The van der Waals surface area contributed by atoms with Gasteiger partial charge < -0.3 is 9.32 Å². The van der Waals surface area contributed by atoms with Crippen molar-refractivity contribution in [3.8, 4) is 0 Å². The molecule has 1 aliphatic heterocycles. The Bertz CT molecular complexity index is 913. The van der Waals surface area contributed by atoms with Crippen LogP contribution in [0.5, 0.6) is 0 Å². The lowest BCUT2D eigenvalue weighted by Gasteiger charge is -2.30. The first-order chi connectivity index (χ1) is 13.2. The van der Waals surface area contributed by atoms with Crippen LogP contribution in [0.1, 0.15) is 23.2 Å². The van der Waals surface area contributed by atoms with Gasteiger partial charge in [-0.3, -0.25) is 20.4 Å². The summed E-state index contributed by atoms with van der Waals surface area (Å²) in [6.45, 7) is 1.36. The van der Waals surface area contributed by atoms with Crippen molar-refractivity contribution in [3.05, 3.63) is 60.2 Å². The Hall–Kier alpha value is -3.35. The second-order valence-electron chi connectivity index (χ2n) is 6.53. The molecule has 0 aliphatic carbocycles. The predicted molar refractivity (Wildman–Crippen MR) is 101 cm³/mol. The van der Waals surface area contributed by atoms with E-state index in [0.29, 0.717) is 37.5 Å². The van der Waals surface area contributed by atoms with E-state index in [4.69, 9.17) is 4.42 Å². The van der Waals surface area contributed by atoms with E-state index in [1.807, 2.05) is 35.2 Å². The van der Waals surface area contributed by atoms with Crippen LogP contribution in [0.3, 0.4) is 0 Å². The number of carbonyl (C=O) groups excluding carboxylic acids is 2. The van der Waals surface area contributed by atoms with Gasteiger partial charge in [0.2, 0.25) is 5.91 Å². The molecule has 2 amide bonds. The van der Waals surface area contributed by atoms with Crippen LogP contribution in [0.4, 0.5) is 6.01 Å². The number of oxazole rings is 1. The van der Waals surface area contributed by atoms with E-state index in [9.17, 15) is 9.59 Å². The van der Waals surface area contributed by atoms with Crippen LogP contribution in [0.25, 0.3) is 11.1 Å². The number of hydrogen-bond acceptors (Lipinski definition) is 5. The molecule has 2 aromatic carbocycles. The number of amides is 2. The molecule has 138 valence electrons. The Morgan fingerprint density at radius 3 is 2.41 bits per heavy atom. The number of para-hydroxylation sites is 2. The minimum Gasteiger partial charge on any atom is -0.423 e. The van der Waals surface area contributed by atoms with Gasteiger partial charge in [0, 0.05) is 24.6 Å². The first-order valence-corrected chi connectivity index (χ1v) is 8.96.